The van der Waals surface area contributed by atoms with E-state index in [0.717, 1.165) is 35.8 Å². The van der Waals surface area contributed by atoms with Crippen LogP contribution in [-0.4, -0.2) is 30.0 Å². The summed E-state index contributed by atoms with van der Waals surface area (Å²) in [4.78, 5) is 16.8. The maximum absolute atomic E-state index is 12.3. The minimum absolute atomic E-state index is 0.00889. The molecule has 128 valence electrons. The Labute approximate surface area is 155 Å². The van der Waals surface area contributed by atoms with E-state index in [1.807, 2.05) is 11.4 Å². The van der Waals surface area contributed by atoms with Gasteiger partial charge in [-0.15, -0.1) is 11.3 Å². The van der Waals surface area contributed by atoms with E-state index in [4.69, 9.17) is 23.2 Å². The van der Waals surface area contributed by atoms with Crippen molar-refractivity contribution < 1.29 is 4.79 Å². The van der Waals surface area contributed by atoms with Gasteiger partial charge in [-0.25, -0.2) is 4.98 Å². The Morgan fingerprint density at radius 2 is 2.29 bits per heavy atom. The van der Waals surface area contributed by atoms with Crippen LogP contribution in [0, 0.1) is 5.92 Å². The van der Waals surface area contributed by atoms with E-state index in [1.165, 1.54) is 11.3 Å². The molecule has 1 aromatic heterocycles. The lowest BCUT2D eigenvalue weighted by Crippen LogP contribution is -2.50. The molecule has 2 N–H and O–H groups in total. The second-order valence-corrected chi connectivity index (χ2v) is 7.79. The lowest BCUT2D eigenvalue weighted by Gasteiger charge is -2.30. The maximum atomic E-state index is 12.3. The van der Waals surface area contributed by atoms with E-state index >= 15 is 0 Å². The van der Waals surface area contributed by atoms with Crippen LogP contribution in [0.25, 0.3) is 10.6 Å². The fraction of sp³-hybridized carbons (Fsp3) is 0.412. The number of nitrogens with zero attached hydrogens (tertiary/aromatic N) is 1. The first-order valence-corrected chi connectivity index (χ1v) is 9.56. The highest BCUT2D eigenvalue weighted by atomic mass is 35.5. The highest BCUT2D eigenvalue weighted by molar-refractivity contribution is 7.13. The first-order valence-electron chi connectivity index (χ1n) is 7.93. The highest BCUT2D eigenvalue weighted by Gasteiger charge is 2.23. The number of carbonyl (C=O) groups excluding carboxylic acids is 1. The zero-order chi connectivity index (χ0) is 17.1. The van der Waals surface area contributed by atoms with Crippen LogP contribution in [0.3, 0.4) is 0 Å². The Kier molecular flexibility index (Phi) is 5.76. The standard InChI is InChI=1S/C17H19Cl2N3OS/c1-10-4-5-20-8-15(10)22-16(23)7-12-9-24-17(21-12)13-3-2-11(18)6-14(13)19/h2-3,6,9-10,15,20H,4-5,7-8H2,1H3,(H,22,23). The van der Waals surface area contributed by atoms with Crippen molar-refractivity contribution in [3.63, 3.8) is 0 Å². The molecule has 0 saturated carbocycles. The van der Waals surface area contributed by atoms with E-state index in [1.54, 1.807) is 12.1 Å². The van der Waals surface area contributed by atoms with Gasteiger partial charge >= 0.3 is 0 Å². The van der Waals surface area contributed by atoms with Crippen LogP contribution >= 0.6 is 34.5 Å². The molecule has 0 bridgehead atoms. The molecule has 7 heteroatoms. The minimum atomic E-state index is 0.00889. The van der Waals surface area contributed by atoms with Crippen molar-refractivity contribution in [3.05, 3.63) is 39.3 Å². The van der Waals surface area contributed by atoms with Crippen LogP contribution in [0.4, 0.5) is 0 Å². The number of thiazole rings is 1. The second kappa shape index (κ2) is 7.83. The summed E-state index contributed by atoms with van der Waals surface area (Å²) in [5.74, 6) is 0.503. The Balaban J connectivity index is 1.64. The Morgan fingerprint density at radius 1 is 1.46 bits per heavy atom. The predicted octanol–water partition coefficient (Wildman–Crippen LogP) is 3.77. The number of piperidine rings is 1. The van der Waals surface area contributed by atoms with Crippen LogP contribution in [0.1, 0.15) is 19.0 Å². The molecule has 1 saturated heterocycles. The lowest BCUT2D eigenvalue weighted by atomic mass is 9.95. The molecule has 24 heavy (non-hydrogen) atoms. The number of benzene rings is 1. The van der Waals surface area contributed by atoms with Gasteiger partial charge in [0.05, 0.1) is 17.1 Å². The average molecular weight is 384 g/mol. The molecule has 4 nitrogen and oxygen atoms in total. The van der Waals surface area contributed by atoms with Crippen LogP contribution in [0.15, 0.2) is 23.6 Å². The third-order valence-electron chi connectivity index (χ3n) is 4.23. The van der Waals surface area contributed by atoms with Crippen molar-refractivity contribution in [2.45, 2.75) is 25.8 Å². The van der Waals surface area contributed by atoms with Crippen molar-refractivity contribution in [1.29, 1.82) is 0 Å². The summed E-state index contributed by atoms with van der Waals surface area (Å²) in [6.07, 6.45) is 1.37. The molecule has 0 spiro atoms. The highest BCUT2D eigenvalue weighted by Crippen LogP contribution is 2.32. The third-order valence-corrected chi connectivity index (χ3v) is 5.70. The predicted molar refractivity (Wildman–Crippen MR) is 99.9 cm³/mol. The van der Waals surface area contributed by atoms with Gasteiger partial charge in [0.15, 0.2) is 0 Å². The molecular weight excluding hydrogens is 365 g/mol. The molecule has 2 atom stereocenters. The quantitative estimate of drug-likeness (QED) is 0.844. The van der Waals surface area contributed by atoms with Crippen molar-refractivity contribution in [3.8, 4) is 10.6 Å². The van der Waals surface area contributed by atoms with E-state index in [0.29, 0.717) is 16.0 Å². The van der Waals surface area contributed by atoms with E-state index < -0.39 is 0 Å². The molecule has 3 rings (SSSR count). The first-order chi connectivity index (χ1) is 11.5. The number of hydrogen-bond acceptors (Lipinski definition) is 4. The Hall–Kier alpha value is -1.14. The molecule has 0 radical (unpaired) electrons. The van der Waals surface area contributed by atoms with Crippen LogP contribution < -0.4 is 10.6 Å². The Morgan fingerprint density at radius 3 is 3.04 bits per heavy atom. The average Bonchev–Trinajstić information content (AvgIpc) is 2.97. The second-order valence-electron chi connectivity index (χ2n) is 6.09. The van der Waals surface area contributed by atoms with Gasteiger partial charge < -0.3 is 10.6 Å². The lowest BCUT2D eigenvalue weighted by molar-refractivity contribution is -0.121. The number of carbonyl (C=O) groups is 1. The van der Waals surface area contributed by atoms with Gasteiger partial charge in [0.25, 0.3) is 0 Å². The molecule has 1 amide bonds. The van der Waals surface area contributed by atoms with E-state index in [2.05, 4.69) is 22.5 Å². The van der Waals surface area contributed by atoms with Crippen molar-refractivity contribution in [2.75, 3.05) is 13.1 Å². The molecule has 2 heterocycles. The summed E-state index contributed by atoms with van der Waals surface area (Å²) in [6.45, 7) is 4.02. The normalized spacial score (nSPS) is 20.8. The van der Waals surface area contributed by atoms with Gasteiger partial charge in [0.2, 0.25) is 5.91 Å². The summed E-state index contributed by atoms with van der Waals surface area (Å²) in [5, 5.41) is 10.3. The molecule has 1 aromatic carbocycles. The zero-order valence-electron chi connectivity index (χ0n) is 13.3. The van der Waals surface area contributed by atoms with Crippen LogP contribution in [0.2, 0.25) is 10.0 Å². The topological polar surface area (TPSA) is 54.0 Å². The summed E-state index contributed by atoms with van der Waals surface area (Å²) in [5.41, 5.74) is 1.60. The van der Waals surface area contributed by atoms with Crippen molar-refractivity contribution in [2.24, 2.45) is 5.92 Å². The van der Waals surface area contributed by atoms with Gasteiger partial charge in [-0.05, 0) is 37.1 Å². The SMILES string of the molecule is CC1CCNCC1NC(=O)Cc1csc(-c2ccc(Cl)cc2Cl)n1. The molecular formula is C17H19Cl2N3OS. The smallest absolute Gasteiger partial charge is 0.226 e. The molecule has 2 aromatic rings. The van der Waals surface area contributed by atoms with Crippen molar-refractivity contribution >= 4 is 40.4 Å². The van der Waals surface area contributed by atoms with Gasteiger partial charge in [-0.1, -0.05) is 30.1 Å². The van der Waals surface area contributed by atoms with Gasteiger partial charge in [-0.3, -0.25) is 4.79 Å². The third kappa shape index (κ3) is 4.28. The molecule has 0 aliphatic carbocycles. The van der Waals surface area contributed by atoms with E-state index in [-0.39, 0.29) is 18.4 Å². The number of halogens is 2. The Bertz CT molecular complexity index is 734. The number of nitrogens with one attached hydrogen (secondary N) is 2. The number of hydrogen-bond donors (Lipinski definition) is 2. The molecule has 2 unspecified atom stereocenters. The van der Waals surface area contributed by atoms with E-state index in [9.17, 15) is 4.79 Å². The summed E-state index contributed by atoms with van der Waals surface area (Å²) >= 11 is 13.6. The van der Waals surface area contributed by atoms with Gasteiger partial charge in [-0.2, -0.15) is 0 Å². The monoisotopic (exact) mass is 383 g/mol. The fourth-order valence-corrected chi connectivity index (χ4v) is 4.19. The van der Waals surface area contributed by atoms with Crippen LogP contribution in [0.5, 0.6) is 0 Å². The summed E-state index contributed by atoms with van der Waals surface area (Å²) in [6, 6.07) is 5.52. The minimum Gasteiger partial charge on any atom is -0.351 e. The zero-order valence-corrected chi connectivity index (χ0v) is 15.6. The molecule has 1 aliphatic heterocycles. The maximum Gasteiger partial charge on any atom is 0.226 e. The summed E-state index contributed by atoms with van der Waals surface area (Å²) < 4.78 is 0. The number of rotatable bonds is 4. The first kappa shape index (κ1) is 17.7. The summed E-state index contributed by atoms with van der Waals surface area (Å²) in [7, 11) is 0. The van der Waals surface area contributed by atoms with Crippen LogP contribution in [-0.2, 0) is 11.2 Å². The van der Waals surface area contributed by atoms with Crippen molar-refractivity contribution in [1.82, 2.24) is 15.6 Å². The number of aromatic nitrogens is 1. The largest absolute Gasteiger partial charge is 0.351 e. The molecule has 1 fully saturated rings. The van der Waals surface area contributed by atoms with Gasteiger partial charge in [0, 0.05) is 28.6 Å². The number of amides is 1. The molecule has 1 aliphatic rings. The van der Waals surface area contributed by atoms with Gasteiger partial charge in [0.1, 0.15) is 5.01 Å². The fourth-order valence-electron chi connectivity index (χ4n) is 2.78.